The fraction of sp³-hybridized carbons (Fsp3) is 0.391. The van der Waals surface area contributed by atoms with Crippen molar-refractivity contribution < 1.29 is 19.1 Å². The third-order valence-electron chi connectivity index (χ3n) is 4.09. The zero-order valence-electron chi connectivity index (χ0n) is 17.5. The van der Waals surface area contributed by atoms with Crippen LogP contribution in [0.1, 0.15) is 38.8 Å². The van der Waals surface area contributed by atoms with Gasteiger partial charge in [-0.3, -0.25) is 4.79 Å². The van der Waals surface area contributed by atoms with E-state index in [0.29, 0.717) is 13.2 Å². The van der Waals surface area contributed by atoms with Crippen LogP contribution in [0.3, 0.4) is 0 Å². The van der Waals surface area contributed by atoms with Crippen LogP contribution in [0.4, 0.5) is 4.79 Å². The first kappa shape index (κ1) is 22.4. The zero-order chi connectivity index (χ0) is 21.3. The second-order valence-corrected chi connectivity index (χ2v) is 7.83. The minimum Gasteiger partial charge on any atom is -0.444 e. The van der Waals surface area contributed by atoms with Crippen LogP contribution in [0, 0.1) is 0 Å². The summed E-state index contributed by atoms with van der Waals surface area (Å²) in [6, 6.07) is 18.3. The smallest absolute Gasteiger partial charge is 0.408 e. The number of amides is 2. The van der Waals surface area contributed by atoms with Crippen LogP contribution in [-0.4, -0.2) is 29.7 Å². The Morgan fingerprint density at radius 1 is 0.931 bits per heavy atom. The molecule has 0 radical (unpaired) electrons. The molecular formula is C23H30N2O4. The first-order chi connectivity index (χ1) is 13.7. The number of rotatable bonds is 8. The lowest BCUT2D eigenvalue weighted by Crippen LogP contribution is -2.53. The summed E-state index contributed by atoms with van der Waals surface area (Å²) in [7, 11) is 0. The Labute approximate surface area is 172 Å². The highest BCUT2D eigenvalue weighted by Crippen LogP contribution is 2.10. The zero-order valence-corrected chi connectivity index (χ0v) is 17.5. The predicted molar refractivity (Wildman–Crippen MR) is 112 cm³/mol. The van der Waals surface area contributed by atoms with Crippen molar-refractivity contribution in [3.05, 3.63) is 71.8 Å². The van der Waals surface area contributed by atoms with Gasteiger partial charge in [0.1, 0.15) is 11.6 Å². The molecule has 0 unspecified atom stereocenters. The van der Waals surface area contributed by atoms with Gasteiger partial charge >= 0.3 is 6.09 Å². The van der Waals surface area contributed by atoms with E-state index in [1.54, 1.807) is 27.7 Å². The normalized spacial score (nSPS) is 13.2. The van der Waals surface area contributed by atoms with Gasteiger partial charge < -0.3 is 20.1 Å². The Bertz CT molecular complexity index is 772. The monoisotopic (exact) mass is 398 g/mol. The van der Waals surface area contributed by atoms with Gasteiger partial charge in [0, 0.05) is 6.54 Å². The lowest BCUT2D eigenvalue weighted by Gasteiger charge is -2.27. The summed E-state index contributed by atoms with van der Waals surface area (Å²) in [5, 5.41) is 5.50. The summed E-state index contributed by atoms with van der Waals surface area (Å²) < 4.78 is 11.2. The quantitative estimate of drug-likeness (QED) is 0.709. The molecule has 2 aromatic rings. The SMILES string of the molecule is C[C@@H](OCc1ccccc1)[C@H](NC(=O)OC(C)(C)C)C(=O)NCc1ccccc1. The molecule has 0 aromatic heterocycles. The molecule has 2 N–H and O–H groups in total. The molecule has 0 spiro atoms. The number of carbonyl (C=O) groups excluding carboxylic acids is 2. The Balaban J connectivity index is 2.02. The number of hydrogen-bond donors (Lipinski definition) is 2. The first-order valence-electron chi connectivity index (χ1n) is 9.71. The van der Waals surface area contributed by atoms with Crippen molar-refractivity contribution >= 4 is 12.0 Å². The minimum atomic E-state index is -0.891. The topological polar surface area (TPSA) is 76.7 Å². The maximum absolute atomic E-state index is 12.8. The number of alkyl carbamates (subject to hydrolysis) is 1. The van der Waals surface area contributed by atoms with Crippen molar-refractivity contribution in [3.63, 3.8) is 0 Å². The molecule has 2 aromatic carbocycles. The van der Waals surface area contributed by atoms with Crippen LogP contribution in [0.25, 0.3) is 0 Å². The molecule has 156 valence electrons. The van der Waals surface area contributed by atoms with Crippen molar-refractivity contribution in [2.45, 2.75) is 58.6 Å². The van der Waals surface area contributed by atoms with Crippen molar-refractivity contribution in [2.24, 2.45) is 0 Å². The molecule has 2 rings (SSSR count). The number of hydrogen-bond acceptors (Lipinski definition) is 4. The standard InChI is InChI=1S/C23H30N2O4/c1-17(28-16-19-13-9-6-10-14-19)20(25-22(27)29-23(2,3)4)21(26)24-15-18-11-7-5-8-12-18/h5-14,17,20H,15-16H2,1-4H3,(H,24,26)(H,25,27)/t17-,20+/m1/s1. The first-order valence-corrected chi connectivity index (χ1v) is 9.71. The van der Waals surface area contributed by atoms with Gasteiger partial charge in [0.2, 0.25) is 5.91 Å². The molecule has 2 amide bonds. The van der Waals surface area contributed by atoms with E-state index in [1.165, 1.54) is 0 Å². The van der Waals surface area contributed by atoms with E-state index in [1.807, 2.05) is 60.7 Å². The Hall–Kier alpha value is -2.86. The largest absolute Gasteiger partial charge is 0.444 e. The second kappa shape index (κ2) is 10.6. The van der Waals surface area contributed by atoms with Crippen LogP contribution in [0.15, 0.2) is 60.7 Å². The third kappa shape index (κ3) is 8.35. The van der Waals surface area contributed by atoms with Gasteiger partial charge in [0.15, 0.2) is 0 Å². The highest BCUT2D eigenvalue weighted by atomic mass is 16.6. The molecule has 6 nitrogen and oxygen atoms in total. The van der Waals surface area contributed by atoms with E-state index in [4.69, 9.17) is 9.47 Å². The van der Waals surface area contributed by atoms with Gasteiger partial charge in [0.05, 0.1) is 12.7 Å². The molecule has 0 bridgehead atoms. The number of benzene rings is 2. The lowest BCUT2D eigenvalue weighted by atomic mass is 10.1. The number of carbonyl (C=O) groups is 2. The Morgan fingerprint density at radius 3 is 2.03 bits per heavy atom. The van der Waals surface area contributed by atoms with Gasteiger partial charge in [-0.05, 0) is 38.8 Å². The van der Waals surface area contributed by atoms with Gasteiger partial charge in [-0.1, -0.05) is 60.7 Å². The summed E-state index contributed by atoms with van der Waals surface area (Å²) in [5.74, 6) is -0.333. The Kier molecular flexibility index (Phi) is 8.21. The molecular weight excluding hydrogens is 368 g/mol. The minimum absolute atomic E-state index is 0.333. The summed E-state index contributed by atoms with van der Waals surface area (Å²) in [6.45, 7) is 7.76. The fourth-order valence-electron chi connectivity index (χ4n) is 2.62. The molecule has 0 aliphatic rings. The van der Waals surface area contributed by atoms with Crippen LogP contribution < -0.4 is 10.6 Å². The average Bonchev–Trinajstić information content (AvgIpc) is 2.68. The number of nitrogens with one attached hydrogen (secondary N) is 2. The van der Waals surface area contributed by atoms with Crippen molar-refractivity contribution in [1.82, 2.24) is 10.6 Å². The molecule has 0 fully saturated rings. The van der Waals surface area contributed by atoms with Crippen molar-refractivity contribution in [3.8, 4) is 0 Å². The van der Waals surface area contributed by atoms with E-state index >= 15 is 0 Å². The molecule has 6 heteroatoms. The van der Waals surface area contributed by atoms with Crippen LogP contribution >= 0.6 is 0 Å². The van der Waals surface area contributed by atoms with E-state index in [0.717, 1.165) is 11.1 Å². The summed E-state index contributed by atoms with van der Waals surface area (Å²) in [6.07, 6.45) is -1.22. The summed E-state index contributed by atoms with van der Waals surface area (Å²) in [4.78, 5) is 25.1. The predicted octanol–water partition coefficient (Wildman–Crippen LogP) is 3.80. The van der Waals surface area contributed by atoms with Crippen molar-refractivity contribution in [1.29, 1.82) is 0 Å². The highest BCUT2D eigenvalue weighted by molar-refractivity contribution is 5.86. The van der Waals surface area contributed by atoms with Gasteiger partial charge in [-0.25, -0.2) is 4.79 Å². The molecule has 0 saturated heterocycles. The van der Waals surface area contributed by atoms with E-state index in [2.05, 4.69) is 10.6 Å². The van der Waals surface area contributed by atoms with Gasteiger partial charge in [-0.2, -0.15) is 0 Å². The molecule has 2 atom stereocenters. The molecule has 29 heavy (non-hydrogen) atoms. The van der Waals surface area contributed by atoms with E-state index < -0.39 is 23.8 Å². The van der Waals surface area contributed by atoms with Gasteiger partial charge in [0.25, 0.3) is 0 Å². The molecule has 0 heterocycles. The van der Waals surface area contributed by atoms with Crippen LogP contribution in [-0.2, 0) is 27.4 Å². The molecule has 0 saturated carbocycles. The van der Waals surface area contributed by atoms with E-state index in [9.17, 15) is 9.59 Å². The summed E-state index contributed by atoms with van der Waals surface area (Å²) >= 11 is 0. The van der Waals surface area contributed by atoms with E-state index in [-0.39, 0.29) is 5.91 Å². The number of ether oxygens (including phenoxy) is 2. The van der Waals surface area contributed by atoms with Crippen molar-refractivity contribution in [2.75, 3.05) is 0 Å². The van der Waals surface area contributed by atoms with Crippen LogP contribution in [0.2, 0.25) is 0 Å². The average molecular weight is 399 g/mol. The third-order valence-corrected chi connectivity index (χ3v) is 4.09. The maximum atomic E-state index is 12.8. The fourth-order valence-corrected chi connectivity index (χ4v) is 2.62. The lowest BCUT2D eigenvalue weighted by molar-refractivity contribution is -0.127. The highest BCUT2D eigenvalue weighted by Gasteiger charge is 2.29. The molecule has 0 aliphatic carbocycles. The maximum Gasteiger partial charge on any atom is 0.408 e. The summed E-state index contributed by atoms with van der Waals surface area (Å²) in [5.41, 5.74) is 1.29. The van der Waals surface area contributed by atoms with Gasteiger partial charge in [-0.15, -0.1) is 0 Å². The molecule has 0 aliphatic heterocycles. The Morgan fingerprint density at radius 2 is 1.48 bits per heavy atom. The second-order valence-electron chi connectivity index (χ2n) is 7.83. The van der Waals surface area contributed by atoms with Crippen LogP contribution in [0.5, 0.6) is 0 Å².